The highest BCUT2D eigenvalue weighted by Crippen LogP contribution is 2.18. The fourth-order valence-corrected chi connectivity index (χ4v) is 2.25. The standard InChI is InChI=1S/C21H26N2O4/c1-15(2)27-18-12-10-17(11-13-18)22-19(24)21(3,4)23-20(25)26-14-16-8-6-5-7-9-16/h5-13,15H,14H2,1-4H3,(H,22,24)(H,23,25). The average Bonchev–Trinajstić information content (AvgIpc) is 2.61. The van der Waals surface area contributed by atoms with Crippen LogP contribution in [-0.4, -0.2) is 23.6 Å². The van der Waals surface area contributed by atoms with Crippen molar-refractivity contribution in [2.45, 2.75) is 45.9 Å². The number of hydrogen-bond acceptors (Lipinski definition) is 4. The number of carbonyl (C=O) groups is 2. The summed E-state index contributed by atoms with van der Waals surface area (Å²) in [5, 5.41) is 5.36. The summed E-state index contributed by atoms with van der Waals surface area (Å²) < 4.78 is 10.7. The van der Waals surface area contributed by atoms with Crippen molar-refractivity contribution >= 4 is 17.7 Å². The van der Waals surface area contributed by atoms with Crippen molar-refractivity contribution in [2.24, 2.45) is 0 Å². The molecule has 2 rings (SSSR count). The lowest BCUT2D eigenvalue weighted by Crippen LogP contribution is -2.52. The molecule has 27 heavy (non-hydrogen) atoms. The average molecular weight is 370 g/mol. The van der Waals surface area contributed by atoms with Gasteiger partial charge in [-0.2, -0.15) is 0 Å². The molecular weight excluding hydrogens is 344 g/mol. The number of alkyl carbamates (subject to hydrolysis) is 1. The molecule has 0 bridgehead atoms. The summed E-state index contributed by atoms with van der Waals surface area (Å²) in [6, 6.07) is 16.4. The quantitative estimate of drug-likeness (QED) is 0.769. The van der Waals surface area contributed by atoms with E-state index in [2.05, 4.69) is 10.6 Å². The molecule has 2 aromatic rings. The lowest BCUT2D eigenvalue weighted by Gasteiger charge is -2.24. The van der Waals surface area contributed by atoms with Crippen LogP contribution in [0.1, 0.15) is 33.3 Å². The van der Waals surface area contributed by atoms with Crippen LogP contribution in [0.4, 0.5) is 10.5 Å². The second kappa shape index (κ2) is 9.07. The number of rotatable bonds is 7. The number of ether oxygens (including phenoxy) is 2. The molecule has 0 unspecified atom stereocenters. The molecule has 0 spiro atoms. The van der Waals surface area contributed by atoms with Gasteiger partial charge in [-0.05, 0) is 57.5 Å². The molecule has 2 aromatic carbocycles. The van der Waals surface area contributed by atoms with E-state index < -0.39 is 11.6 Å². The van der Waals surface area contributed by atoms with Gasteiger partial charge in [0, 0.05) is 5.69 Å². The molecular formula is C21H26N2O4. The first-order valence-corrected chi connectivity index (χ1v) is 8.83. The maximum Gasteiger partial charge on any atom is 0.408 e. The van der Waals surface area contributed by atoms with Crippen LogP contribution in [0.15, 0.2) is 54.6 Å². The number of anilines is 1. The minimum atomic E-state index is -1.14. The summed E-state index contributed by atoms with van der Waals surface area (Å²) in [5.74, 6) is 0.376. The third-order valence-electron chi connectivity index (χ3n) is 3.68. The van der Waals surface area contributed by atoms with Gasteiger partial charge in [-0.1, -0.05) is 30.3 Å². The van der Waals surface area contributed by atoms with Crippen LogP contribution in [0.5, 0.6) is 5.75 Å². The summed E-state index contributed by atoms with van der Waals surface area (Å²) in [5.41, 5.74) is 0.350. The molecule has 0 saturated heterocycles. The van der Waals surface area contributed by atoms with E-state index >= 15 is 0 Å². The third-order valence-corrected chi connectivity index (χ3v) is 3.68. The highest BCUT2D eigenvalue weighted by molar-refractivity contribution is 5.99. The Labute approximate surface area is 159 Å². The van der Waals surface area contributed by atoms with Crippen molar-refractivity contribution in [3.8, 4) is 5.75 Å². The Kier molecular flexibility index (Phi) is 6.82. The predicted molar refractivity (Wildman–Crippen MR) is 105 cm³/mol. The zero-order valence-electron chi connectivity index (χ0n) is 16.1. The Morgan fingerprint density at radius 2 is 1.63 bits per heavy atom. The van der Waals surface area contributed by atoms with Gasteiger partial charge in [0.05, 0.1) is 6.10 Å². The van der Waals surface area contributed by atoms with Gasteiger partial charge in [0.1, 0.15) is 17.9 Å². The zero-order valence-corrected chi connectivity index (χ0v) is 16.1. The number of carbonyl (C=O) groups excluding carboxylic acids is 2. The monoisotopic (exact) mass is 370 g/mol. The topological polar surface area (TPSA) is 76.7 Å². The van der Waals surface area contributed by atoms with Crippen molar-refractivity contribution in [3.63, 3.8) is 0 Å². The molecule has 0 aliphatic carbocycles. The van der Waals surface area contributed by atoms with Crippen LogP contribution in [0.2, 0.25) is 0 Å². The summed E-state index contributed by atoms with van der Waals surface area (Å²) in [6.07, 6.45) is -0.574. The predicted octanol–water partition coefficient (Wildman–Crippen LogP) is 4.12. The van der Waals surface area contributed by atoms with E-state index in [0.717, 1.165) is 11.3 Å². The van der Waals surface area contributed by atoms with Gasteiger partial charge in [-0.15, -0.1) is 0 Å². The molecule has 2 amide bonds. The molecule has 0 radical (unpaired) electrons. The first-order chi connectivity index (χ1) is 12.8. The Morgan fingerprint density at radius 3 is 2.22 bits per heavy atom. The second-order valence-electron chi connectivity index (χ2n) is 6.96. The molecule has 0 heterocycles. The number of nitrogens with one attached hydrogen (secondary N) is 2. The number of benzene rings is 2. The van der Waals surface area contributed by atoms with Crippen molar-refractivity contribution in [1.82, 2.24) is 5.32 Å². The molecule has 6 heteroatoms. The minimum Gasteiger partial charge on any atom is -0.491 e. The SMILES string of the molecule is CC(C)Oc1ccc(NC(=O)C(C)(C)NC(=O)OCc2ccccc2)cc1. The van der Waals surface area contributed by atoms with Gasteiger partial charge in [-0.3, -0.25) is 4.79 Å². The zero-order chi connectivity index (χ0) is 19.9. The van der Waals surface area contributed by atoms with Crippen LogP contribution in [0.3, 0.4) is 0 Å². The molecule has 0 saturated carbocycles. The third kappa shape index (κ3) is 6.66. The fourth-order valence-electron chi connectivity index (χ4n) is 2.25. The maximum absolute atomic E-state index is 12.5. The lowest BCUT2D eigenvalue weighted by atomic mass is 10.0. The summed E-state index contributed by atoms with van der Waals surface area (Å²) in [7, 11) is 0. The highest BCUT2D eigenvalue weighted by atomic mass is 16.5. The Morgan fingerprint density at radius 1 is 1.00 bits per heavy atom. The van der Waals surface area contributed by atoms with Crippen LogP contribution < -0.4 is 15.4 Å². The molecule has 0 aliphatic rings. The van der Waals surface area contributed by atoms with Gasteiger partial charge in [0.2, 0.25) is 5.91 Å². The highest BCUT2D eigenvalue weighted by Gasteiger charge is 2.30. The van der Waals surface area contributed by atoms with E-state index in [9.17, 15) is 9.59 Å². The molecule has 0 aromatic heterocycles. The van der Waals surface area contributed by atoms with Crippen LogP contribution in [-0.2, 0) is 16.1 Å². The molecule has 6 nitrogen and oxygen atoms in total. The molecule has 0 fully saturated rings. The van der Waals surface area contributed by atoms with Crippen molar-refractivity contribution in [3.05, 3.63) is 60.2 Å². The smallest absolute Gasteiger partial charge is 0.408 e. The second-order valence-corrected chi connectivity index (χ2v) is 6.96. The normalized spacial score (nSPS) is 11.0. The summed E-state index contributed by atoms with van der Waals surface area (Å²) in [4.78, 5) is 24.5. The molecule has 0 atom stereocenters. The summed E-state index contributed by atoms with van der Waals surface area (Å²) >= 11 is 0. The first kappa shape index (κ1) is 20.3. The number of hydrogen-bond donors (Lipinski definition) is 2. The van der Waals surface area contributed by atoms with Crippen LogP contribution >= 0.6 is 0 Å². The van der Waals surface area contributed by atoms with E-state index in [1.165, 1.54) is 0 Å². The van der Waals surface area contributed by atoms with Crippen molar-refractivity contribution < 1.29 is 19.1 Å². The van der Waals surface area contributed by atoms with E-state index in [0.29, 0.717) is 5.69 Å². The van der Waals surface area contributed by atoms with Gasteiger partial charge < -0.3 is 20.1 Å². The van der Waals surface area contributed by atoms with Crippen molar-refractivity contribution in [1.29, 1.82) is 0 Å². The molecule has 144 valence electrons. The Balaban J connectivity index is 1.87. The van der Waals surface area contributed by atoms with E-state index in [1.807, 2.05) is 44.2 Å². The first-order valence-electron chi connectivity index (χ1n) is 8.83. The lowest BCUT2D eigenvalue weighted by molar-refractivity contribution is -0.121. The maximum atomic E-state index is 12.5. The van der Waals surface area contributed by atoms with E-state index in [-0.39, 0.29) is 18.6 Å². The van der Waals surface area contributed by atoms with Crippen LogP contribution in [0, 0.1) is 0 Å². The van der Waals surface area contributed by atoms with E-state index in [1.54, 1.807) is 38.1 Å². The van der Waals surface area contributed by atoms with Gasteiger partial charge in [0.15, 0.2) is 0 Å². The molecule has 2 N–H and O–H groups in total. The summed E-state index contributed by atoms with van der Waals surface area (Å²) in [6.45, 7) is 7.26. The van der Waals surface area contributed by atoms with Gasteiger partial charge in [0.25, 0.3) is 0 Å². The van der Waals surface area contributed by atoms with E-state index in [4.69, 9.17) is 9.47 Å². The van der Waals surface area contributed by atoms with Gasteiger partial charge in [-0.25, -0.2) is 4.79 Å². The molecule has 0 aliphatic heterocycles. The van der Waals surface area contributed by atoms with Crippen molar-refractivity contribution in [2.75, 3.05) is 5.32 Å². The Bertz CT molecular complexity index is 756. The number of amides is 2. The van der Waals surface area contributed by atoms with Crippen LogP contribution in [0.25, 0.3) is 0 Å². The minimum absolute atomic E-state index is 0.0791. The van der Waals surface area contributed by atoms with Gasteiger partial charge >= 0.3 is 6.09 Å². The fraction of sp³-hybridized carbons (Fsp3) is 0.333. The Hall–Kier alpha value is -3.02. The largest absolute Gasteiger partial charge is 0.491 e.